The molecule has 1 aromatic heterocycles. The molecule has 4 nitrogen and oxygen atoms in total. The van der Waals surface area contributed by atoms with Crippen molar-refractivity contribution in [3.8, 4) is 0 Å². The van der Waals surface area contributed by atoms with Crippen LogP contribution in [0, 0.1) is 11.3 Å². The van der Waals surface area contributed by atoms with E-state index in [-0.39, 0.29) is 6.61 Å². The second-order valence-electron chi connectivity index (χ2n) is 5.84. The Balaban J connectivity index is 2.12. The Morgan fingerprint density at radius 2 is 2.12 bits per heavy atom. The largest absolute Gasteiger partial charge is 0.388 e. The van der Waals surface area contributed by atoms with Gasteiger partial charge in [-0.05, 0) is 30.6 Å². The molecular weight excluding hydrogens is 214 g/mol. The summed E-state index contributed by atoms with van der Waals surface area (Å²) in [7, 11) is 0. The third kappa shape index (κ3) is 2.86. The first-order chi connectivity index (χ1) is 8.15. The van der Waals surface area contributed by atoms with E-state index >= 15 is 0 Å². The summed E-state index contributed by atoms with van der Waals surface area (Å²) in [6, 6.07) is 0. The van der Waals surface area contributed by atoms with E-state index in [0.717, 1.165) is 12.5 Å². The molecule has 0 aliphatic heterocycles. The monoisotopic (exact) mass is 237 g/mol. The number of aliphatic hydroxyl groups is 1. The molecule has 0 spiro atoms. The van der Waals surface area contributed by atoms with Crippen molar-refractivity contribution in [1.29, 1.82) is 0 Å². The summed E-state index contributed by atoms with van der Waals surface area (Å²) in [6.45, 7) is 5.53. The first-order valence-electron chi connectivity index (χ1n) is 6.63. The molecule has 1 aliphatic rings. The van der Waals surface area contributed by atoms with E-state index in [2.05, 4.69) is 24.0 Å². The number of nitrogens with zero attached hydrogens (tertiary/aromatic N) is 3. The predicted octanol–water partition coefficient (Wildman–Crippen LogP) is 2.38. The minimum Gasteiger partial charge on any atom is -0.388 e. The Morgan fingerprint density at radius 1 is 1.41 bits per heavy atom. The predicted molar refractivity (Wildman–Crippen MR) is 66.3 cm³/mol. The molecule has 1 fully saturated rings. The van der Waals surface area contributed by atoms with Crippen molar-refractivity contribution >= 4 is 0 Å². The molecule has 0 saturated heterocycles. The summed E-state index contributed by atoms with van der Waals surface area (Å²) in [6.07, 6.45) is 8.29. The molecule has 4 heteroatoms. The van der Waals surface area contributed by atoms with Crippen LogP contribution in [0.25, 0.3) is 0 Å². The summed E-state index contributed by atoms with van der Waals surface area (Å²) in [4.78, 5) is 0. The van der Waals surface area contributed by atoms with Crippen LogP contribution >= 0.6 is 0 Å². The molecule has 1 aromatic rings. The zero-order chi connectivity index (χ0) is 12.3. The molecule has 2 rings (SSSR count). The third-order valence-corrected chi connectivity index (χ3v) is 3.85. The van der Waals surface area contributed by atoms with Crippen LogP contribution in [-0.2, 0) is 13.2 Å². The highest BCUT2D eigenvalue weighted by atomic mass is 16.3. The maximum absolute atomic E-state index is 9.22. The average molecular weight is 237 g/mol. The van der Waals surface area contributed by atoms with Gasteiger partial charge in [0.1, 0.15) is 12.9 Å². The summed E-state index contributed by atoms with van der Waals surface area (Å²) < 4.78 is 2.04. The molecule has 0 aromatic carbocycles. The fourth-order valence-corrected chi connectivity index (χ4v) is 3.31. The lowest BCUT2D eigenvalue weighted by atomic mass is 9.78. The fraction of sp³-hybridized carbons (Fsp3) is 0.846. The van der Waals surface area contributed by atoms with Crippen LogP contribution in [0.2, 0.25) is 0 Å². The highest BCUT2D eigenvalue weighted by molar-refractivity contribution is 4.91. The van der Waals surface area contributed by atoms with Crippen molar-refractivity contribution < 1.29 is 5.11 Å². The Hall–Kier alpha value is -0.900. The van der Waals surface area contributed by atoms with Gasteiger partial charge in [-0.25, -0.2) is 0 Å². The maximum atomic E-state index is 9.22. The first kappa shape index (κ1) is 12.6. The third-order valence-electron chi connectivity index (χ3n) is 3.85. The van der Waals surface area contributed by atoms with Gasteiger partial charge in [-0.2, -0.15) is 0 Å². The van der Waals surface area contributed by atoms with Gasteiger partial charge in [-0.15, -0.1) is 10.2 Å². The van der Waals surface area contributed by atoms with E-state index in [0.29, 0.717) is 11.2 Å². The second kappa shape index (κ2) is 5.17. The normalized spacial score (nSPS) is 19.1. The molecule has 0 unspecified atom stereocenters. The van der Waals surface area contributed by atoms with Crippen LogP contribution in [0.4, 0.5) is 0 Å². The van der Waals surface area contributed by atoms with E-state index in [1.165, 1.54) is 32.1 Å². The van der Waals surface area contributed by atoms with Gasteiger partial charge in [0.05, 0.1) is 0 Å². The smallest absolute Gasteiger partial charge is 0.158 e. The highest BCUT2D eigenvalue weighted by Gasteiger charge is 2.35. The van der Waals surface area contributed by atoms with Crippen molar-refractivity contribution in [3.05, 3.63) is 12.2 Å². The molecule has 1 N–H and O–H groups in total. The standard InChI is InChI=1S/C13H23N3O/c1-11(2)7-13(5-3-4-6-13)9-16-10-14-15-12(16)8-17/h10-11,17H,3-9H2,1-2H3. The van der Waals surface area contributed by atoms with Crippen LogP contribution in [-0.4, -0.2) is 19.9 Å². The van der Waals surface area contributed by atoms with E-state index < -0.39 is 0 Å². The molecule has 17 heavy (non-hydrogen) atoms. The Kier molecular flexibility index (Phi) is 3.82. The van der Waals surface area contributed by atoms with Gasteiger partial charge in [-0.1, -0.05) is 26.7 Å². The first-order valence-corrected chi connectivity index (χ1v) is 6.63. The molecule has 0 atom stereocenters. The maximum Gasteiger partial charge on any atom is 0.158 e. The van der Waals surface area contributed by atoms with Crippen molar-refractivity contribution in [1.82, 2.24) is 14.8 Å². The van der Waals surface area contributed by atoms with E-state index in [9.17, 15) is 5.11 Å². The van der Waals surface area contributed by atoms with E-state index in [1.54, 1.807) is 6.33 Å². The fourth-order valence-electron chi connectivity index (χ4n) is 3.31. The highest BCUT2D eigenvalue weighted by Crippen LogP contribution is 2.44. The quantitative estimate of drug-likeness (QED) is 0.855. The molecule has 0 bridgehead atoms. The molecule has 1 saturated carbocycles. The summed E-state index contributed by atoms with van der Waals surface area (Å²) >= 11 is 0. The number of aromatic nitrogens is 3. The Morgan fingerprint density at radius 3 is 2.71 bits per heavy atom. The Labute approximate surface area is 103 Å². The van der Waals surface area contributed by atoms with Crippen molar-refractivity contribution in [2.75, 3.05) is 0 Å². The molecular formula is C13H23N3O. The lowest BCUT2D eigenvalue weighted by molar-refractivity contribution is 0.186. The zero-order valence-electron chi connectivity index (χ0n) is 10.9. The summed E-state index contributed by atoms with van der Waals surface area (Å²) in [5.74, 6) is 1.42. The number of hydrogen-bond donors (Lipinski definition) is 1. The van der Waals surface area contributed by atoms with E-state index in [4.69, 9.17) is 0 Å². The topological polar surface area (TPSA) is 50.9 Å². The van der Waals surface area contributed by atoms with Gasteiger partial charge in [0.2, 0.25) is 0 Å². The van der Waals surface area contributed by atoms with Gasteiger partial charge in [0.15, 0.2) is 5.82 Å². The second-order valence-corrected chi connectivity index (χ2v) is 5.84. The average Bonchev–Trinajstić information content (AvgIpc) is 2.87. The van der Waals surface area contributed by atoms with Crippen molar-refractivity contribution in [2.24, 2.45) is 11.3 Å². The van der Waals surface area contributed by atoms with Crippen LogP contribution in [0.15, 0.2) is 6.33 Å². The van der Waals surface area contributed by atoms with Gasteiger partial charge in [-0.3, -0.25) is 0 Å². The number of rotatable bonds is 5. The molecule has 96 valence electrons. The van der Waals surface area contributed by atoms with Crippen LogP contribution in [0.5, 0.6) is 0 Å². The number of aliphatic hydroxyl groups excluding tert-OH is 1. The Bertz CT molecular complexity index is 353. The minimum absolute atomic E-state index is 0.0161. The summed E-state index contributed by atoms with van der Waals surface area (Å²) in [5, 5.41) is 17.1. The van der Waals surface area contributed by atoms with Gasteiger partial charge in [0.25, 0.3) is 0 Å². The lowest BCUT2D eigenvalue weighted by Gasteiger charge is -2.31. The van der Waals surface area contributed by atoms with E-state index in [1.807, 2.05) is 4.57 Å². The van der Waals surface area contributed by atoms with Crippen molar-refractivity contribution in [3.63, 3.8) is 0 Å². The molecule has 0 amide bonds. The van der Waals surface area contributed by atoms with Crippen LogP contribution in [0.3, 0.4) is 0 Å². The minimum atomic E-state index is -0.0161. The van der Waals surface area contributed by atoms with Gasteiger partial charge >= 0.3 is 0 Å². The summed E-state index contributed by atoms with van der Waals surface area (Å²) in [5.41, 5.74) is 0.403. The van der Waals surface area contributed by atoms with Gasteiger partial charge in [0, 0.05) is 6.54 Å². The van der Waals surface area contributed by atoms with Gasteiger partial charge < -0.3 is 9.67 Å². The van der Waals surface area contributed by atoms with Crippen LogP contribution in [0.1, 0.15) is 51.8 Å². The SMILES string of the molecule is CC(C)CC1(Cn2cnnc2CO)CCCC1. The van der Waals surface area contributed by atoms with Crippen LogP contribution < -0.4 is 0 Å². The molecule has 0 radical (unpaired) electrons. The number of hydrogen-bond acceptors (Lipinski definition) is 3. The molecule has 1 heterocycles. The lowest BCUT2D eigenvalue weighted by Crippen LogP contribution is -2.26. The molecule has 1 aliphatic carbocycles. The zero-order valence-corrected chi connectivity index (χ0v) is 10.9. The van der Waals surface area contributed by atoms with Crippen molar-refractivity contribution in [2.45, 2.75) is 59.1 Å².